The number of carboxylic acid groups (broad SMARTS) is 1. The summed E-state index contributed by atoms with van der Waals surface area (Å²) in [5, 5.41) is 11.7. The largest absolute Gasteiger partial charge is 0.480 e. The van der Waals surface area contributed by atoms with Crippen molar-refractivity contribution in [3.05, 3.63) is 0 Å². The Kier molecular flexibility index (Phi) is 4.78. The highest BCUT2D eigenvalue weighted by molar-refractivity contribution is 5.85. The topological polar surface area (TPSA) is 69.6 Å². The van der Waals surface area contributed by atoms with E-state index in [0.29, 0.717) is 6.42 Å². The van der Waals surface area contributed by atoms with E-state index in [9.17, 15) is 9.59 Å². The van der Waals surface area contributed by atoms with E-state index >= 15 is 0 Å². The Morgan fingerprint density at radius 1 is 1.24 bits per heavy atom. The van der Waals surface area contributed by atoms with Gasteiger partial charge in [-0.15, -0.1) is 0 Å². The van der Waals surface area contributed by atoms with Crippen molar-refractivity contribution in [1.82, 2.24) is 10.2 Å². The lowest BCUT2D eigenvalue weighted by molar-refractivity contribution is -0.143. The first-order chi connectivity index (χ1) is 7.99. The number of hydrogen-bond acceptors (Lipinski definition) is 2. The molecule has 0 radical (unpaired) electrons. The first-order valence-corrected chi connectivity index (χ1v) is 6.30. The van der Waals surface area contributed by atoms with E-state index in [1.807, 2.05) is 0 Å². The van der Waals surface area contributed by atoms with Crippen molar-refractivity contribution in [2.24, 2.45) is 0 Å². The Morgan fingerprint density at radius 2 is 1.76 bits per heavy atom. The molecule has 17 heavy (non-hydrogen) atoms. The van der Waals surface area contributed by atoms with Crippen LogP contribution in [0, 0.1) is 0 Å². The number of carboxylic acids is 1. The highest BCUT2D eigenvalue weighted by atomic mass is 16.4. The molecule has 5 heteroatoms. The summed E-state index contributed by atoms with van der Waals surface area (Å²) in [5.74, 6) is -0.983. The van der Waals surface area contributed by atoms with Crippen LogP contribution in [0.15, 0.2) is 0 Å². The Balaban J connectivity index is 2.60. The summed E-state index contributed by atoms with van der Waals surface area (Å²) in [7, 11) is 0. The summed E-state index contributed by atoms with van der Waals surface area (Å²) >= 11 is 0. The number of hydrogen-bond donors (Lipinski definition) is 2. The molecule has 1 aliphatic rings. The maximum absolute atomic E-state index is 12.0. The molecule has 0 aliphatic carbocycles. The molecular formula is C12H22N2O3. The van der Waals surface area contributed by atoms with Crippen molar-refractivity contribution in [2.45, 2.75) is 51.5 Å². The van der Waals surface area contributed by atoms with Gasteiger partial charge in [0.05, 0.1) is 0 Å². The summed E-state index contributed by atoms with van der Waals surface area (Å²) in [5.41, 5.74) is -1.16. The van der Waals surface area contributed by atoms with E-state index in [0.717, 1.165) is 38.8 Å². The van der Waals surface area contributed by atoms with Crippen LogP contribution in [0.4, 0.5) is 4.79 Å². The number of nitrogens with one attached hydrogen (secondary N) is 1. The van der Waals surface area contributed by atoms with E-state index in [-0.39, 0.29) is 6.03 Å². The smallest absolute Gasteiger partial charge is 0.329 e. The molecule has 1 rings (SSSR count). The summed E-state index contributed by atoms with van der Waals surface area (Å²) in [6.45, 7) is 4.76. The van der Waals surface area contributed by atoms with E-state index in [2.05, 4.69) is 5.32 Å². The molecule has 0 bridgehead atoms. The van der Waals surface area contributed by atoms with Gasteiger partial charge in [0.25, 0.3) is 0 Å². The van der Waals surface area contributed by atoms with Crippen LogP contribution in [0.1, 0.15) is 46.0 Å². The van der Waals surface area contributed by atoms with Crippen LogP contribution >= 0.6 is 0 Å². The number of urea groups is 1. The normalized spacial score (nSPS) is 20.2. The van der Waals surface area contributed by atoms with Gasteiger partial charge < -0.3 is 15.3 Å². The number of carbonyl (C=O) groups is 2. The predicted molar refractivity (Wildman–Crippen MR) is 64.9 cm³/mol. The van der Waals surface area contributed by atoms with Gasteiger partial charge in [-0.1, -0.05) is 19.8 Å². The van der Waals surface area contributed by atoms with E-state index in [1.165, 1.54) is 0 Å². The zero-order valence-electron chi connectivity index (χ0n) is 10.7. The van der Waals surface area contributed by atoms with Gasteiger partial charge in [0.2, 0.25) is 0 Å². The third-order valence-electron chi connectivity index (χ3n) is 3.46. The zero-order valence-corrected chi connectivity index (χ0v) is 10.7. The molecule has 1 aliphatic heterocycles. The van der Waals surface area contributed by atoms with Crippen LogP contribution in [-0.2, 0) is 4.79 Å². The van der Waals surface area contributed by atoms with Crippen molar-refractivity contribution >= 4 is 12.0 Å². The molecule has 1 fully saturated rings. The summed E-state index contributed by atoms with van der Waals surface area (Å²) in [6.07, 6.45) is 4.68. The van der Waals surface area contributed by atoms with Crippen molar-refractivity contribution in [1.29, 1.82) is 0 Å². The average molecular weight is 242 g/mol. The van der Waals surface area contributed by atoms with Gasteiger partial charge in [0.15, 0.2) is 0 Å². The molecule has 1 unspecified atom stereocenters. The number of carbonyl (C=O) groups excluding carboxylic acids is 1. The Labute approximate surface area is 102 Å². The predicted octanol–water partition coefficient (Wildman–Crippen LogP) is 1.83. The highest BCUT2D eigenvalue weighted by Gasteiger charge is 2.34. The lowest BCUT2D eigenvalue weighted by Gasteiger charge is -2.29. The van der Waals surface area contributed by atoms with Crippen LogP contribution in [0.5, 0.6) is 0 Å². The monoisotopic (exact) mass is 242 g/mol. The van der Waals surface area contributed by atoms with Crippen molar-refractivity contribution in [3.8, 4) is 0 Å². The van der Waals surface area contributed by atoms with Gasteiger partial charge in [-0.2, -0.15) is 0 Å². The molecular weight excluding hydrogens is 220 g/mol. The maximum atomic E-state index is 12.0. The number of rotatable bonds is 3. The third kappa shape index (κ3) is 3.61. The van der Waals surface area contributed by atoms with Gasteiger partial charge in [0, 0.05) is 13.1 Å². The van der Waals surface area contributed by atoms with Crippen LogP contribution in [0.3, 0.4) is 0 Å². The molecule has 0 spiro atoms. The minimum absolute atomic E-state index is 0.251. The van der Waals surface area contributed by atoms with Crippen LogP contribution < -0.4 is 5.32 Å². The van der Waals surface area contributed by atoms with E-state index in [1.54, 1.807) is 18.7 Å². The van der Waals surface area contributed by atoms with Crippen LogP contribution in [0.25, 0.3) is 0 Å². The lowest BCUT2D eigenvalue weighted by atomic mass is 10.00. The highest BCUT2D eigenvalue weighted by Crippen LogP contribution is 2.13. The molecule has 5 nitrogen and oxygen atoms in total. The Hall–Kier alpha value is -1.26. The Morgan fingerprint density at radius 3 is 2.18 bits per heavy atom. The lowest BCUT2D eigenvalue weighted by Crippen LogP contribution is -2.55. The van der Waals surface area contributed by atoms with E-state index in [4.69, 9.17) is 5.11 Å². The second kappa shape index (κ2) is 5.89. The summed E-state index contributed by atoms with van der Waals surface area (Å²) < 4.78 is 0. The third-order valence-corrected chi connectivity index (χ3v) is 3.46. The zero-order chi connectivity index (χ0) is 12.9. The van der Waals surface area contributed by atoms with Crippen LogP contribution in [-0.4, -0.2) is 40.6 Å². The first-order valence-electron chi connectivity index (χ1n) is 6.30. The minimum Gasteiger partial charge on any atom is -0.480 e. The molecule has 1 atom stereocenters. The standard InChI is InChI=1S/C12H22N2O3/c1-3-12(2,10(15)16)13-11(17)14-8-6-4-5-7-9-14/h3-9H2,1-2H3,(H,13,17)(H,15,16). The fourth-order valence-electron chi connectivity index (χ4n) is 1.88. The number of amides is 2. The summed E-state index contributed by atoms with van der Waals surface area (Å²) in [4.78, 5) is 24.8. The molecule has 0 aromatic carbocycles. The maximum Gasteiger partial charge on any atom is 0.329 e. The number of aliphatic carboxylic acids is 1. The average Bonchev–Trinajstić information content (AvgIpc) is 2.57. The molecule has 2 N–H and O–H groups in total. The second-order valence-electron chi connectivity index (χ2n) is 4.82. The molecule has 0 aromatic heterocycles. The molecule has 0 saturated carbocycles. The quantitative estimate of drug-likeness (QED) is 0.793. The van der Waals surface area contributed by atoms with Crippen LogP contribution in [0.2, 0.25) is 0 Å². The Bertz CT molecular complexity index is 285. The first kappa shape index (κ1) is 13.8. The van der Waals surface area contributed by atoms with Gasteiger partial charge >= 0.3 is 12.0 Å². The minimum atomic E-state index is -1.16. The molecule has 98 valence electrons. The number of nitrogens with zero attached hydrogens (tertiary/aromatic N) is 1. The second-order valence-corrected chi connectivity index (χ2v) is 4.82. The van der Waals surface area contributed by atoms with Gasteiger partial charge in [0.1, 0.15) is 5.54 Å². The van der Waals surface area contributed by atoms with E-state index < -0.39 is 11.5 Å². The number of likely N-dealkylation sites (tertiary alicyclic amines) is 1. The summed E-state index contributed by atoms with van der Waals surface area (Å²) in [6, 6.07) is -0.251. The van der Waals surface area contributed by atoms with Gasteiger partial charge in [-0.05, 0) is 26.2 Å². The fraction of sp³-hybridized carbons (Fsp3) is 0.833. The van der Waals surface area contributed by atoms with Crippen molar-refractivity contribution in [2.75, 3.05) is 13.1 Å². The van der Waals surface area contributed by atoms with Gasteiger partial charge in [-0.25, -0.2) is 9.59 Å². The van der Waals surface area contributed by atoms with Gasteiger partial charge in [-0.3, -0.25) is 0 Å². The molecule has 1 heterocycles. The SMILES string of the molecule is CCC(C)(NC(=O)N1CCCCCC1)C(=O)O. The van der Waals surface area contributed by atoms with Crippen molar-refractivity contribution < 1.29 is 14.7 Å². The fourth-order valence-corrected chi connectivity index (χ4v) is 1.88. The molecule has 2 amide bonds. The van der Waals surface area contributed by atoms with Crippen molar-refractivity contribution in [3.63, 3.8) is 0 Å². The molecule has 0 aromatic rings. The molecule has 1 saturated heterocycles.